The van der Waals surface area contributed by atoms with Gasteiger partial charge in [-0.1, -0.05) is 20.8 Å². The smallest absolute Gasteiger partial charge is 0.279 e. The predicted molar refractivity (Wildman–Crippen MR) is 74.6 cm³/mol. The van der Waals surface area contributed by atoms with Crippen molar-refractivity contribution in [3.8, 4) is 6.07 Å². The second-order valence-electron chi connectivity index (χ2n) is 5.24. The van der Waals surface area contributed by atoms with Gasteiger partial charge in [0.05, 0.1) is 12.1 Å². The van der Waals surface area contributed by atoms with Gasteiger partial charge in [0, 0.05) is 32.7 Å². The highest BCUT2D eigenvalue weighted by Crippen LogP contribution is 2.11. The van der Waals surface area contributed by atoms with Crippen LogP contribution in [0.15, 0.2) is 0 Å². The van der Waals surface area contributed by atoms with Crippen molar-refractivity contribution >= 4 is 10.2 Å². The molecule has 1 saturated heterocycles. The maximum atomic E-state index is 12.0. The molecule has 1 unspecified atom stereocenters. The molecule has 1 rings (SSSR count). The molecule has 0 saturated carbocycles. The molecule has 1 fully saturated rings. The van der Waals surface area contributed by atoms with Crippen molar-refractivity contribution in [3.63, 3.8) is 0 Å². The fourth-order valence-electron chi connectivity index (χ4n) is 2.05. The summed E-state index contributed by atoms with van der Waals surface area (Å²) in [5.74, 6) is 0.291. The van der Waals surface area contributed by atoms with Crippen LogP contribution in [0.1, 0.15) is 27.2 Å². The molecule has 0 aromatic carbocycles. The van der Waals surface area contributed by atoms with Crippen LogP contribution in [0.5, 0.6) is 0 Å². The molecule has 1 aliphatic heterocycles. The van der Waals surface area contributed by atoms with Crippen molar-refractivity contribution in [2.24, 2.45) is 5.92 Å². The zero-order valence-electron chi connectivity index (χ0n) is 12.0. The average molecular weight is 288 g/mol. The quantitative estimate of drug-likeness (QED) is 0.767. The van der Waals surface area contributed by atoms with E-state index in [1.165, 1.54) is 4.31 Å². The minimum Gasteiger partial charge on any atom is -0.285 e. The first-order valence-corrected chi connectivity index (χ1v) is 8.23. The van der Waals surface area contributed by atoms with Crippen molar-refractivity contribution in [2.75, 3.05) is 32.7 Å². The second kappa shape index (κ2) is 7.20. The van der Waals surface area contributed by atoms with Crippen molar-refractivity contribution in [1.82, 2.24) is 13.9 Å². The van der Waals surface area contributed by atoms with E-state index in [-0.39, 0.29) is 6.04 Å². The number of hydrogen-bond acceptors (Lipinski definition) is 4. The van der Waals surface area contributed by atoms with Crippen LogP contribution in [0, 0.1) is 17.2 Å². The summed E-state index contributed by atoms with van der Waals surface area (Å²) in [4.78, 5) is 2.05. The SMILES string of the molecule is CCC(C#N)N1CCN(S(=O)(=O)NCC(C)C)CC1. The van der Waals surface area contributed by atoms with Crippen molar-refractivity contribution in [3.05, 3.63) is 0 Å². The van der Waals surface area contributed by atoms with E-state index in [0.717, 1.165) is 6.42 Å². The predicted octanol–water partition coefficient (Wildman–Crippen LogP) is 0.397. The summed E-state index contributed by atoms with van der Waals surface area (Å²) in [6.07, 6.45) is 0.773. The number of hydrogen-bond donors (Lipinski definition) is 1. The highest BCUT2D eigenvalue weighted by Gasteiger charge is 2.29. The minimum atomic E-state index is -3.37. The monoisotopic (exact) mass is 288 g/mol. The van der Waals surface area contributed by atoms with Crippen LogP contribution in [0.4, 0.5) is 0 Å². The van der Waals surface area contributed by atoms with Crippen molar-refractivity contribution < 1.29 is 8.42 Å². The lowest BCUT2D eigenvalue weighted by molar-refractivity contribution is 0.158. The van der Waals surface area contributed by atoms with E-state index >= 15 is 0 Å². The first-order valence-electron chi connectivity index (χ1n) is 6.79. The Hall–Kier alpha value is -0.680. The average Bonchev–Trinajstić information content (AvgIpc) is 2.39. The molecule has 19 heavy (non-hydrogen) atoms. The summed E-state index contributed by atoms with van der Waals surface area (Å²) < 4.78 is 28.2. The third-order valence-corrected chi connectivity index (χ3v) is 4.84. The highest BCUT2D eigenvalue weighted by atomic mass is 32.2. The lowest BCUT2D eigenvalue weighted by atomic mass is 10.2. The van der Waals surface area contributed by atoms with Crippen LogP contribution in [0.25, 0.3) is 0 Å². The molecule has 6 nitrogen and oxygen atoms in total. The van der Waals surface area contributed by atoms with Crippen LogP contribution >= 0.6 is 0 Å². The van der Waals surface area contributed by atoms with Crippen LogP contribution in [0.2, 0.25) is 0 Å². The summed E-state index contributed by atoms with van der Waals surface area (Å²) >= 11 is 0. The van der Waals surface area contributed by atoms with Gasteiger partial charge in [-0.2, -0.15) is 18.0 Å². The Morgan fingerprint density at radius 1 is 1.26 bits per heavy atom. The molecule has 0 aromatic rings. The molecule has 0 spiro atoms. The molecule has 1 heterocycles. The summed E-state index contributed by atoms with van der Waals surface area (Å²) in [5, 5.41) is 9.01. The summed E-state index contributed by atoms with van der Waals surface area (Å²) in [6, 6.07) is 2.15. The zero-order chi connectivity index (χ0) is 14.5. The molecule has 0 radical (unpaired) electrons. The van der Waals surface area contributed by atoms with Gasteiger partial charge in [-0.3, -0.25) is 4.90 Å². The van der Waals surface area contributed by atoms with Gasteiger partial charge in [0.1, 0.15) is 0 Å². The zero-order valence-corrected chi connectivity index (χ0v) is 12.8. The van der Waals surface area contributed by atoms with Gasteiger partial charge in [-0.25, -0.2) is 4.72 Å². The topological polar surface area (TPSA) is 76.4 Å². The Kier molecular flexibility index (Phi) is 6.20. The summed E-state index contributed by atoms with van der Waals surface area (Å²) in [5.41, 5.74) is 0. The van der Waals surface area contributed by atoms with Crippen molar-refractivity contribution in [2.45, 2.75) is 33.2 Å². The van der Waals surface area contributed by atoms with Gasteiger partial charge in [0.15, 0.2) is 0 Å². The molecule has 1 N–H and O–H groups in total. The van der Waals surface area contributed by atoms with E-state index in [0.29, 0.717) is 38.6 Å². The van der Waals surface area contributed by atoms with Crippen LogP contribution in [0.3, 0.4) is 0 Å². The third-order valence-electron chi connectivity index (χ3n) is 3.26. The first-order chi connectivity index (χ1) is 8.90. The normalized spacial score (nSPS) is 20.4. The molecular weight excluding hydrogens is 264 g/mol. The summed E-state index contributed by atoms with van der Waals surface area (Å²) in [7, 11) is -3.37. The van der Waals surface area contributed by atoms with Crippen LogP contribution in [-0.2, 0) is 10.2 Å². The fraction of sp³-hybridized carbons (Fsp3) is 0.917. The molecule has 0 amide bonds. The molecule has 1 atom stereocenters. The Labute approximate surface area is 116 Å². The first kappa shape index (κ1) is 16.4. The van der Waals surface area contributed by atoms with Gasteiger partial charge in [-0.15, -0.1) is 0 Å². The third kappa shape index (κ3) is 4.73. The Morgan fingerprint density at radius 3 is 2.26 bits per heavy atom. The van der Waals surface area contributed by atoms with E-state index in [4.69, 9.17) is 5.26 Å². The molecule has 110 valence electrons. The van der Waals surface area contributed by atoms with E-state index in [1.807, 2.05) is 20.8 Å². The maximum absolute atomic E-state index is 12.0. The van der Waals surface area contributed by atoms with Crippen LogP contribution < -0.4 is 4.72 Å². The Morgan fingerprint density at radius 2 is 1.84 bits per heavy atom. The molecule has 0 bridgehead atoms. The van der Waals surface area contributed by atoms with Gasteiger partial charge in [-0.05, 0) is 12.3 Å². The van der Waals surface area contributed by atoms with Gasteiger partial charge in [0.25, 0.3) is 10.2 Å². The van der Waals surface area contributed by atoms with Gasteiger partial charge in [0.2, 0.25) is 0 Å². The van der Waals surface area contributed by atoms with E-state index in [2.05, 4.69) is 15.7 Å². The number of rotatable bonds is 6. The number of nitrogens with one attached hydrogen (secondary N) is 1. The standard InChI is InChI=1S/C12H24N4O2S/c1-4-12(9-13)15-5-7-16(8-6-15)19(17,18)14-10-11(2)3/h11-12,14H,4-8,10H2,1-3H3. The molecule has 0 aromatic heterocycles. The van der Waals surface area contributed by atoms with Gasteiger partial charge < -0.3 is 0 Å². The van der Waals surface area contributed by atoms with E-state index < -0.39 is 10.2 Å². The maximum Gasteiger partial charge on any atom is 0.279 e. The Balaban J connectivity index is 2.51. The van der Waals surface area contributed by atoms with Crippen LogP contribution in [-0.4, -0.2) is 56.4 Å². The second-order valence-corrected chi connectivity index (χ2v) is 6.99. The molecule has 1 aliphatic rings. The minimum absolute atomic E-state index is 0.103. The number of piperazine rings is 1. The highest BCUT2D eigenvalue weighted by molar-refractivity contribution is 7.87. The van der Waals surface area contributed by atoms with Gasteiger partial charge >= 0.3 is 0 Å². The van der Waals surface area contributed by atoms with Crippen molar-refractivity contribution in [1.29, 1.82) is 5.26 Å². The molecule has 7 heteroatoms. The van der Waals surface area contributed by atoms with E-state index in [9.17, 15) is 8.42 Å². The summed E-state index contributed by atoms with van der Waals surface area (Å²) in [6.45, 7) is 8.51. The lowest BCUT2D eigenvalue weighted by Gasteiger charge is -2.35. The number of nitriles is 1. The number of nitrogens with zero attached hydrogens (tertiary/aromatic N) is 3. The molecular formula is C12H24N4O2S. The fourth-order valence-corrected chi connectivity index (χ4v) is 3.42. The lowest BCUT2D eigenvalue weighted by Crippen LogP contribution is -2.54. The largest absolute Gasteiger partial charge is 0.285 e. The molecule has 0 aliphatic carbocycles. The Bertz CT molecular complexity index is 408. The van der Waals surface area contributed by atoms with E-state index in [1.54, 1.807) is 0 Å².